The number of hydrogen-bond acceptors (Lipinski definition) is 5. The Morgan fingerprint density at radius 1 is 0.750 bits per heavy atom. The molecule has 2 aromatic carbocycles. The molecule has 6 heteroatoms. The fourth-order valence-electron chi connectivity index (χ4n) is 2.54. The van der Waals surface area contributed by atoms with Crippen LogP contribution >= 0.6 is 7.82 Å². The molecule has 0 bridgehead atoms. The molecule has 0 heterocycles. The quantitative estimate of drug-likeness (QED) is 0.270. The van der Waals surface area contributed by atoms with Gasteiger partial charge in [-0.25, -0.2) is 4.57 Å². The fourth-order valence-corrected chi connectivity index (χ4v) is 3.77. The number of phosphoric ester groups is 1. The van der Waals surface area contributed by atoms with Crippen molar-refractivity contribution < 1.29 is 18.2 Å². The van der Waals surface area contributed by atoms with Crippen LogP contribution in [-0.2, 0) is 31.5 Å². The molecule has 0 atom stereocenters. The summed E-state index contributed by atoms with van der Waals surface area (Å²) < 4.78 is 30.6. The molecule has 0 aliphatic heterocycles. The molecule has 0 aliphatic rings. The monoisotopic (exact) mass is 405 g/mol. The number of benzene rings is 2. The third-order valence-electron chi connectivity index (χ3n) is 4.20. The highest BCUT2D eigenvalue weighted by molar-refractivity contribution is 7.48. The minimum absolute atomic E-state index is 0.169. The predicted molar refractivity (Wildman–Crippen MR) is 113 cm³/mol. The van der Waals surface area contributed by atoms with E-state index in [0.717, 1.165) is 36.8 Å². The average Bonchev–Trinajstić information content (AvgIpc) is 2.74. The van der Waals surface area contributed by atoms with Gasteiger partial charge in [0.05, 0.1) is 13.2 Å². The van der Waals surface area contributed by atoms with E-state index in [2.05, 4.69) is 13.8 Å². The van der Waals surface area contributed by atoms with E-state index >= 15 is 0 Å². The van der Waals surface area contributed by atoms with Crippen LogP contribution in [0.25, 0.3) is 0 Å². The third kappa shape index (κ3) is 8.68. The Morgan fingerprint density at radius 2 is 1.18 bits per heavy atom. The summed E-state index contributed by atoms with van der Waals surface area (Å²) in [7, 11) is -3.76. The summed E-state index contributed by atoms with van der Waals surface area (Å²) in [5.74, 6) is 0. The molecule has 0 saturated heterocycles. The average molecular weight is 405 g/mol. The number of phosphoric acid groups is 1. The van der Waals surface area contributed by atoms with Crippen LogP contribution < -0.4 is 0 Å². The smallest absolute Gasteiger partial charge is 0.281 e. The number of unbranched alkanes of at least 4 members (excludes halogenated alkanes) is 2. The minimum atomic E-state index is -3.76. The topological polar surface area (TPSA) is 48.0 Å². The predicted octanol–water partition coefficient (Wildman–Crippen LogP) is 6.36. The highest BCUT2D eigenvalue weighted by Gasteiger charge is 2.30. The summed E-state index contributed by atoms with van der Waals surface area (Å²) in [6.45, 7) is 5.98. The second-order valence-electron chi connectivity index (χ2n) is 6.68. The van der Waals surface area contributed by atoms with Crippen molar-refractivity contribution in [3.63, 3.8) is 0 Å². The zero-order valence-electron chi connectivity index (χ0n) is 17.0. The van der Waals surface area contributed by atoms with Crippen molar-refractivity contribution in [2.45, 2.75) is 52.7 Å². The van der Waals surface area contributed by atoms with Crippen LogP contribution in [0.4, 0.5) is 0 Å². The lowest BCUT2D eigenvalue weighted by atomic mass is 10.2. The Bertz CT molecular complexity index is 641. The van der Waals surface area contributed by atoms with Crippen LogP contribution in [0.5, 0.6) is 0 Å². The van der Waals surface area contributed by atoms with E-state index < -0.39 is 7.82 Å². The van der Waals surface area contributed by atoms with Gasteiger partial charge in [0, 0.05) is 13.1 Å². The highest BCUT2D eigenvalue weighted by atomic mass is 31.2. The fraction of sp³-hybridized carbons (Fsp3) is 0.455. The van der Waals surface area contributed by atoms with Gasteiger partial charge in [-0.1, -0.05) is 87.4 Å². The van der Waals surface area contributed by atoms with E-state index in [1.165, 1.54) is 0 Å². The Morgan fingerprint density at radius 3 is 1.57 bits per heavy atom. The Hall–Kier alpha value is -1.49. The number of hydroxylamine groups is 2. The summed E-state index contributed by atoms with van der Waals surface area (Å²) in [5, 5.41) is 1.74. The van der Waals surface area contributed by atoms with Gasteiger partial charge < -0.3 is 0 Å². The third-order valence-corrected chi connectivity index (χ3v) is 5.52. The molecule has 28 heavy (non-hydrogen) atoms. The Kier molecular flexibility index (Phi) is 10.5. The van der Waals surface area contributed by atoms with Crippen molar-refractivity contribution in [2.75, 3.05) is 13.1 Å². The number of rotatable bonds is 14. The maximum Gasteiger partial charge on any atom is 0.492 e. The zero-order chi connectivity index (χ0) is 20.1. The summed E-state index contributed by atoms with van der Waals surface area (Å²) in [4.78, 5) is 0. The van der Waals surface area contributed by atoms with Crippen LogP contribution in [0.15, 0.2) is 60.7 Å². The SMILES string of the molecule is CCCCN(CCCC)OP(=O)(OCc1ccccc1)OCc1ccccc1. The van der Waals surface area contributed by atoms with Crippen LogP contribution in [0, 0.1) is 0 Å². The first kappa shape index (κ1) is 22.8. The van der Waals surface area contributed by atoms with Gasteiger partial charge in [-0.15, -0.1) is 0 Å². The molecule has 0 amide bonds. The normalized spacial score (nSPS) is 11.8. The summed E-state index contributed by atoms with van der Waals surface area (Å²) in [5.41, 5.74) is 1.84. The van der Waals surface area contributed by atoms with Crippen LogP contribution in [0.1, 0.15) is 50.7 Å². The number of hydrogen-bond donors (Lipinski definition) is 0. The molecule has 154 valence electrons. The molecule has 0 spiro atoms. The summed E-state index contributed by atoms with van der Waals surface area (Å²) >= 11 is 0. The molecular weight excluding hydrogens is 373 g/mol. The van der Waals surface area contributed by atoms with Gasteiger partial charge in [0.25, 0.3) is 0 Å². The molecule has 0 aliphatic carbocycles. The van der Waals surface area contributed by atoms with Crippen molar-refractivity contribution in [3.8, 4) is 0 Å². The van der Waals surface area contributed by atoms with Gasteiger partial charge in [-0.3, -0.25) is 9.05 Å². The molecule has 5 nitrogen and oxygen atoms in total. The Balaban J connectivity index is 2.06. The van der Waals surface area contributed by atoms with E-state index in [4.69, 9.17) is 13.7 Å². The van der Waals surface area contributed by atoms with Gasteiger partial charge in [0.1, 0.15) is 0 Å². The lowest BCUT2D eigenvalue weighted by molar-refractivity contribution is -0.0961. The second-order valence-corrected chi connectivity index (χ2v) is 8.26. The van der Waals surface area contributed by atoms with E-state index in [0.29, 0.717) is 13.1 Å². The lowest BCUT2D eigenvalue weighted by Gasteiger charge is -2.26. The Labute approximate surface area is 169 Å². The highest BCUT2D eigenvalue weighted by Crippen LogP contribution is 2.51. The standard InChI is InChI=1S/C22H32NO4P/c1-3-5-17-23(18-6-4-2)27-28(24,25-19-21-13-9-7-10-14-21)26-20-22-15-11-8-12-16-22/h7-16H,3-6,17-20H2,1-2H3. The van der Waals surface area contributed by atoms with Crippen molar-refractivity contribution >= 4 is 7.82 Å². The molecule has 0 fully saturated rings. The van der Waals surface area contributed by atoms with Crippen molar-refractivity contribution in [2.24, 2.45) is 0 Å². The molecule has 0 radical (unpaired) electrons. The maximum absolute atomic E-state index is 13.4. The molecule has 2 rings (SSSR count). The second kappa shape index (κ2) is 12.9. The van der Waals surface area contributed by atoms with Gasteiger partial charge in [0.2, 0.25) is 0 Å². The summed E-state index contributed by atoms with van der Waals surface area (Å²) in [6.07, 6.45) is 3.99. The largest absolute Gasteiger partial charge is 0.492 e. The van der Waals surface area contributed by atoms with E-state index in [9.17, 15) is 4.57 Å². The van der Waals surface area contributed by atoms with E-state index in [-0.39, 0.29) is 13.2 Å². The van der Waals surface area contributed by atoms with E-state index in [1.54, 1.807) is 5.06 Å². The van der Waals surface area contributed by atoms with Gasteiger partial charge in [-0.05, 0) is 24.0 Å². The minimum Gasteiger partial charge on any atom is -0.281 e. The van der Waals surface area contributed by atoms with Gasteiger partial charge >= 0.3 is 7.82 Å². The molecule has 0 unspecified atom stereocenters. The van der Waals surface area contributed by atoms with Crippen molar-refractivity contribution in [1.29, 1.82) is 0 Å². The first-order chi connectivity index (χ1) is 13.6. The van der Waals surface area contributed by atoms with Crippen molar-refractivity contribution in [1.82, 2.24) is 5.06 Å². The molecule has 2 aromatic rings. The van der Waals surface area contributed by atoms with Gasteiger partial charge in [-0.2, -0.15) is 9.69 Å². The first-order valence-corrected chi connectivity index (χ1v) is 11.5. The van der Waals surface area contributed by atoms with Crippen LogP contribution in [0.3, 0.4) is 0 Å². The number of nitrogens with zero attached hydrogens (tertiary/aromatic N) is 1. The lowest BCUT2D eigenvalue weighted by Crippen LogP contribution is -2.26. The van der Waals surface area contributed by atoms with Crippen molar-refractivity contribution in [3.05, 3.63) is 71.8 Å². The maximum atomic E-state index is 13.4. The summed E-state index contributed by atoms with van der Waals surface area (Å²) in [6, 6.07) is 19.2. The zero-order valence-corrected chi connectivity index (χ0v) is 17.9. The molecule has 0 saturated carbocycles. The van der Waals surface area contributed by atoms with Crippen LogP contribution in [0.2, 0.25) is 0 Å². The van der Waals surface area contributed by atoms with Crippen LogP contribution in [-0.4, -0.2) is 18.2 Å². The van der Waals surface area contributed by atoms with E-state index in [1.807, 2.05) is 60.7 Å². The molecular formula is C22H32NO4P. The first-order valence-electron chi connectivity index (χ1n) is 10.1. The van der Waals surface area contributed by atoms with Gasteiger partial charge in [0.15, 0.2) is 0 Å². The molecule has 0 N–H and O–H groups in total. The molecule has 0 aromatic heterocycles.